The van der Waals surface area contributed by atoms with Gasteiger partial charge in [0, 0.05) is 11.4 Å². The van der Waals surface area contributed by atoms with Gasteiger partial charge >= 0.3 is 11.9 Å². The molecule has 0 aliphatic heterocycles. The summed E-state index contributed by atoms with van der Waals surface area (Å²) in [5, 5.41) is 17.0. The first-order chi connectivity index (χ1) is 6.04. The molecule has 0 fully saturated rings. The number of carboxylic acid groups (broad SMARTS) is 2. The summed E-state index contributed by atoms with van der Waals surface area (Å²) in [5.74, 6) is -3.31. The number of allylic oxidation sites excluding steroid dienone is 2. The molecule has 0 radical (unpaired) electrons. The molecular weight excluding hydrogens is 219 g/mol. The fourth-order valence-corrected chi connectivity index (χ4v) is 1.01. The van der Waals surface area contributed by atoms with Crippen LogP contribution in [-0.2, 0) is 9.59 Å². The SMILES string of the molecule is O=C(O)C(C(=O)O)=C(C=CCl)CCl. The zero-order valence-corrected chi connectivity index (χ0v) is 7.84. The lowest BCUT2D eigenvalue weighted by Gasteiger charge is -1.99. The Balaban J connectivity index is 5.25. The Labute approximate surface area is 84.1 Å². The summed E-state index contributed by atoms with van der Waals surface area (Å²) in [7, 11) is 0. The van der Waals surface area contributed by atoms with Crippen LogP contribution in [0.1, 0.15) is 0 Å². The number of hydrogen-bond acceptors (Lipinski definition) is 2. The largest absolute Gasteiger partial charge is 0.477 e. The first-order valence-electron chi connectivity index (χ1n) is 3.07. The fraction of sp³-hybridized carbons (Fsp3) is 0.143. The maximum Gasteiger partial charge on any atom is 0.343 e. The average molecular weight is 225 g/mol. The van der Waals surface area contributed by atoms with Crippen LogP contribution in [0.4, 0.5) is 0 Å². The van der Waals surface area contributed by atoms with E-state index in [1.165, 1.54) is 0 Å². The number of aliphatic carboxylic acids is 2. The molecule has 13 heavy (non-hydrogen) atoms. The van der Waals surface area contributed by atoms with E-state index >= 15 is 0 Å². The van der Waals surface area contributed by atoms with Crippen molar-refractivity contribution in [2.75, 3.05) is 5.88 Å². The molecule has 0 spiro atoms. The smallest absolute Gasteiger partial charge is 0.343 e. The second-order valence-corrected chi connectivity index (χ2v) is 2.46. The molecule has 0 unspecified atom stereocenters. The van der Waals surface area contributed by atoms with Gasteiger partial charge in [-0.1, -0.05) is 11.6 Å². The number of halogens is 2. The summed E-state index contributed by atoms with van der Waals surface area (Å²) >= 11 is 10.5. The lowest BCUT2D eigenvalue weighted by atomic mass is 10.1. The van der Waals surface area contributed by atoms with Gasteiger partial charge in [0.2, 0.25) is 0 Å². The highest BCUT2D eigenvalue weighted by Gasteiger charge is 2.19. The number of carbonyl (C=O) groups is 2. The molecule has 0 aliphatic rings. The van der Waals surface area contributed by atoms with Crippen LogP contribution >= 0.6 is 23.2 Å². The summed E-state index contributed by atoms with van der Waals surface area (Å²) in [6, 6.07) is 0. The Bertz CT molecular complexity index is 264. The predicted molar refractivity (Wildman–Crippen MR) is 48.0 cm³/mol. The summed E-state index contributed by atoms with van der Waals surface area (Å²) < 4.78 is 0. The third kappa shape index (κ3) is 3.48. The second-order valence-electron chi connectivity index (χ2n) is 1.94. The molecule has 0 saturated heterocycles. The third-order valence-electron chi connectivity index (χ3n) is 1.16. The Hall–Kier alpha value is -1.000. The van der Waals surface area contributed by atoms with E-state index in [1.807, 2.05) is 0 Å². The van der Waals surface area contributed by atoms with Gasteiger partial charge in [-0.2, -0.15) is 0 Å². The van der Waals surface area contributed by atoms with Crippen molar-refractivity contribution in [3.63, 3.8) is 0 Å². The number of alkyl halides is 1. The highest BCUT2D eigenvalue weighted by molar-refractivity contribution is 6.26. The first kappa shape index (κ1) is 12.0. The van der Waals surface area contributed by atoms with E-state index in [4.69, 9.17) is 33.4 Å². The van der Waals surface area contributed by atoms with E-state index in [9.17, 15) is 9.59 Å². The number of hydrogen-bond donors (Lipinski definition) is 2. The quantitative estimate of drug-likeness (QED) is 0.249. The molecule has 0 aromatic heterocycles. The third-order valence-corrected chi connectivity index (χ3v) is 1.57. The van der Waals surface area contributed by atoms with E-state index in [-0.39, 0.29) is 11.5 Å². The van der Waals surface area contributed by atoms with E-state index < -0.39 is 17.5 Å². The summed E-state index contributed by atoms with van der Waals surface area (Å²) in [4.78, 5) is 20.9. The molecule has 2 N–H and O–H groups in total. The van der Waals surface area contributed by atoms with Gasteiger partial charge in [0.25, 0.3) is 0 Å². The van der Waals surface area contributed by atoms with Crippen molar-refractivity contribution < 1.29 is 19.8 Å². The number of rotatable bonds is 4. The lowest BCUT2D eigenvalue weighted by molar-refractivity contribution is -0.140. The Morgan fingerprint density at radius 3 is 1.92 bits per heavy atom. The van der Waals surface area contributed by atoms with Crippen LogP contribution in [0, 0.1) is 0 Å². The molecule has 4 nitrogen and oxygen atoms in total. The van der Waals surface area contributed by atoms with Gasteiger partial charge in [0.1, 0.15) is 5.57 Å². The fourth-order valence-electron chi connectivity index (χ4n) is 0.637. The molecule has 6 heteroatoms. The van der Waals surface area contributed by atoms with Crippen molar-refractivity contribution in [3.8, 4) is 0 Å². The predicted octanol–water partition coefficient (Wildman–Crippen LogP) is 1.44. The minimum Gasteiger partial charge on any atom is -0.477 e. The Kier molecular flexibility index (Phi) is 5.18. The van der Waals surface area contributed by atoms with Crippen LogP contribution in [0.5, 0.6) is 0 Å². The van der Waals surface area contributed by atoms with Gasteiger partial charge in [0.05, 0.1) is 0 Å². The number of carboxylic acids is 2. The van der Waals surface area contributed by atoms with Gasteiger partial charge in [-0.3, -0.25) is 0 Å². The maximum atomic E-state index is 10.4. The summed E-state index contributed by atoms with van der Waals surface area (Å²) in [5.41, 5.74) is 0.187. The van der Waals surface area contributed by atoms with Gasteiger partial charge in [-0.05, 0) is 11.6 Å². The first-order valence-corrected chi connectivity index (χ1v) is 4.04. The topological polar surface area (TPSA) is 74.6 Å². The van der Waals surface area contributed by atoms with E-state index in [0.717, 1.165) is 11.6 Å². The van der Waals surface area contributed by atoms with Crippen molar-refractivity contribution in [1.29, 1.82) is 0 Å². The van der Waals surface area contributed by atoms with Gasteiger partial charge < -0.3 is 10.2 Å². The molecule has 0 heterocycles. The van der Waals surface area contributed by atoms with Crippen molar-refractivity contribution >= 4 is 35.1 Å². The van der Waals surface area contributed by atoms with Crippen molar-refractivity contribution in [1.82, 2.24) is 0 Å². The standard InChI is InChI=1S/C7H6Cl2O4/c8-2-1-4(3-9)5(6(10)11)7(12)13/h1-2H,3H2,(H,10,11)(H,12,13). The van der Waals surface area contributed by atoms with Crippen LogP contribution in [0.15, 0.2) is 22.8 Å². The molecule has 0 amide bonds. The summed E-state index contributed by atoms with van der Waals surface area (Å²) in [6.07, 6.45) is 1.13. The van der Waals surface area contributed by atoms with Crippen LogP contribution < -0.4 is 0 Å². The maximum absolute atomic E-state index is 10.4. The van der Waals surface area contributed by atoms with E-state index in [1.54, 1.807) is 0 Å². The van der Waals surface area contributed by atoms with E-state index in [0.29, 0.717) is 0 Å². The van der Waals surface area contributed by atoms with Crippen LogP contribution in [-0.4, -0.2) is 28.0 Å². The molecule has 0 aliphatic carbocycles. The monoisotopic (exact) mass is 224 g/mol. The second kappa shape index (κ2) is 5.61. The Morgan fingerprint density at radius 2 is 1.69 bits per heavy atom. The molecule has 0 rings (SSSR count). The molecular formula is C7H6Cl2O4. The van der Waals surface area contributed by atoms with Crippen molar-refractivity contribution in [2.45, 2.75) is 0 Å². The average Bonchev–Trinajstić information content (AvgIpc) is 2.02. The van der Waals surface area contributed by atoms with Gasteiger partial charge in [0.15, 0.2) is 0 Å². The zero-order valence-electron chi connectivity index (χ0n) is 6.33. The lowest BCUT2D eigenvalue weighted by Crippen LogP contribution is -2.14. The minimum atomic E-state index is -1.54. The van der Waals surface area contributed by atoms with Crippen molar-refractivity contribution in [3.05, 3.63) is 22.8 Å². The van der Waals surface area contributed by atoms with Crippen LogP contribution in [0.2, 0.25) is 0 Å². The highest BCUT2D eigenvalue weighted by Crippen LogP contribution is 2.10. The normalized spacial score (nSPS) is 10.0. The Morgan fingerprint density at radius 1 is 1.23 bits per heavy atom. The van der Waals surface area contributed by atoms with Crippen molar-refractivity contribution in [2.24, 2.45) is 0 Å². The molecule has 0 saturated carbocycles. The highest BCUT2D eigenvalue weighted by atomic mass is 35.5. The molecule has 0 bridgehead atoms. The van der Waals surface area contributed by atoms with Gasteiger partial charge in [-0.25, -0.2) is 9.59 Å². The van der Waals surface area contributed by atoms with Crippen LogP contribution in [0.3, 0.4) is 0 Å². The molecule has 0 aromatic carbocycles. The van der Waals surface area contributed by atoms with Crippen LogP contribution in [0.25, 0.3) is 0 Å². The molecule has 72 valence electrons. The summed E-state index contributed by atoms with van der Waals surface area (Å²) in [6.45, 7) is 0. The van der Waals surface area contributed by atoms with Gasteiger partial charge in [-0.15, -0.1) is 11.6 Å². The van der Waals surface area contributed by atoms with E-state index in [2.05, 4.69) is 0 Å². The zero-order chi connectivity index (χ0) is 10.4. The molecule has 0 atom stereocenters. The minimum absolute atomic E-state index is 0.0448. The molecule has 0 aromatic rings.